The molecule has 3 heteroatoms. The Kier molecular flexibility index (Phi) is 3.99. The maximum absolute atomic E-state index is 13.3. The molecule has 0 radical (unpaired) electrons. The molecule has 0 saturated carbocycles. The molecule has 1 aromatic rings. The quantitative estimate of drug-likeness (QED) is 0.707. The largest absolute Gasteiger partial charge is 0.496 e. The summed E-state index contributed by atoms with van der Waals surface area (Å²) in [5, 5.41) is 0. The molecule has 0 heterocycles. The molecule has 0 aliphatic heterocycles. The Morgan fingerprint density at radius 2 is 1.93 bits per heavy atom. The van der Waals surface area contributed by atoms with E-state index in [1.54, 1.807) is 6.07 Å². The highest BCUT2D eigenvalue weighted by molar-refractivity contribution is 5.41. The summed E-state index contributed by atoms with van der Waals surface area (Å²) in [6.07, 6.45) is 6.41. The van der Waals surface area contributed by atoms with Crippen LogP contribution in [0.2, 0.25) is 0 Å². The maximum atomic E-state index is 13.3. The summed E-state index contributed by atoms with van der Waals surface area (Å²) in [5.74, 6) is 2.81. The van der Waals surface area contributed by atoms with Crippen LogP contribution < -0.4 is 9.47 Å². The maximum Gasteiger partial charge on any atom is 0.168 e. The molecular formula is C12H13FO2. The third kappa shape index (κ3) is 2.63. The third-order valence-corrected chi connectivity index (χ3v) is 2.09. The van der Waals surface area contributed by atoms with Gasteiger partial charge in [-0.2, -0.15) is 0 Å². The molecule has 0 aromatic heterocycles. The van der Waals surface area contributed by atoms with Crippen LogP contribution in [0.15, 0.2) is 12.1 Å². The van der Waals surface area contributed by atoms with Gasteiger partial charge >= 0.3 is 0 Å². The number of rotatable bonds is 4. The van der Waals surface area contributed by atoms with E-state index in [0.29, 0.717) is 18.6 Å². The Hall–Kier alpha value is -1.69. The zero-order valence-electron chi connectivity index (χ0n) is 8.84. The lowest BCUT2D eigenvalue weighted by Gasteiger charge is -2.10. The molecule has 1 aromatic carbocycles. The number of terminal acetylenes is 1. The van der Waals surface area contributed by atoms with Crippen molar-refractivity contribution in [3.8, 4) is 23.8 Å². The lowest BCUT2D eigenvalue weighted by atomic mass is 10.1. The van der Waals surface area contributed by atoms with E-state index in [0.717, 1.165) is 5.56 Å². The molecule has 15 heavy (non-hydrogen) atoms. The fourth-order valence-corrected chi connectivity index (χ4v) is 1.33. The summed E-state index contributed by atoms with van der Waals surface area (Å²) in [6, 6.07) is 2.93. The van der Waals surface area contributed by atoms with E-state index in [1.165, 1.54) is 20.3 Å². The Bertz CT molecular complexity index is 380. The van der Waals surface area contributed by atoms with Crippen LogP contribution in [0.3, 0.4) is 0 Å². The summed E-state index contributed by atoms with van der Waals surface area (Å²) >= 11 is 0. The molecule has 0 bridgehead atoms. The highest BCUT2D eigenvalue weighted by Crippen LogP contribution is 2.28. The van der Waals surface area contributed by atoms with Crippen molar-refractivity contribution in [1.82, 2.24) is 0 Å². The van der Waals surface area contributed by atoms with Gasteiger partial charge in [-0.15, -0.1) is 12.3 Å². The van der Waals surface area contributed by atoms with Gasteiger partial charge in [-0.3, -0.25) is 0 Å². The van der Waals surface area contributed by atoms with Crippen molar-refractivity contribution >= 4 is 0 Å². The fourth-order valence-electron chi connectivity index (χ4n) is 1.33. The van der Waals surface area contributed by atoms with E-state index in [4.69, 9.17) is 15.9 Å². The second-order valence-electron chi connectivity index (χ2n) is 3.00. The SMILES string of the molecule is C#CCCc1cc(OC)c(F)cc1OC. The summed E-state index contributed by atoms with van der Waals surface area (Å²) in [6.45, 7) is 0. The first-order valence-electron chi connectivity index (χ1n) is 4.56. The van der Waals surface area contributed by atoms with Gasteiger partial charge in [-0.05, 0) is 18.1 Å². The molecule has 0 unspecified atom stereocenters. The Balaban J connectivity index is 3.06. The number of hydrogen-bond acceptors (Lipinski definition) is 2. The molecule has 0 N–H and O–H groups in total. The van der Waals surface area contributed by atoms with Crippen molar-refractivity contribution in [2.75, 3.05) is 14.2 Å². The van der Waals surface area contributed by atoms with Crippen LogP contribution in [0.4, 0.5) is 4.39 Å². The molecular weight excluding hydrogens is 195 g/mol. The summed E-state index contributed by atoms with van der Waals surface area (Å²) in [7, 11) is 2.93. The molecule has 0 atom stereocenters. The van der Waals surface area contributed by atoms with Crippen molar-refractivity contribution in [3.05, 3.63) is 23.5 Å². The molecule has 0 aliphatic carbocycles. The Morgan fingerprint density at radius 1 is 1.27 bits per heavy atom. The molecule has 2 nitrogen and oxygen atoms in total. The second-order valence-corrected chi connectivity index (χ2v) is 3.00. The molecule has 0 spiro atoms. The number of methoxy groups -OCH3 is 2. The lowest BCUT2D eigenvalue weighted by molar-refractivity contribution is 0.374. The predicted molar refractivity (Wildman–Crippen MR) is 56.7 cm³/mol. The van der Waals surface area contributed by atoms with Gasteiger partial charge < -0.3 is 9.47 Å². The lowest BCUT2D eigenvalue weighted by Crippen LogP contribution is -1.96. The zero-order chi connectivity index (χ0) is 11.3. The number of ether oxygens (including phenoxy) is 2. The predicted octanol–water partition coefficient (Wildman–Crippen LogP) is 2.41. The van der Waals surface area contributed by atoms with E-state index < -0.39 is 5.82 Å². The first-order valence-corrected chi connectivity index (χ1v) is 4.56. The van der Waals surface area contributed by atoms with Crippen molar-refractivity contribution in [2.24, 2.45) is 0 Å². The van der Waals surface area contributed by atoms with E-state index in [9.17, 15) is 4.39 Å². The topological polar surface area (TPSA) is 18.5 Å². The smallest absolute Gasteiger partial charge is 0.168 e. The third-order valence-electron chi connectivity index (χ3n) is 2.09. The number of benzene rings is 1. The summed E-state index contributed by atoms with van der Waals surface area (Å²) in [4.78, 5) is 0. The van der Waals surface area contributed by atoms with Crippen molar-refractivity contribution < 1.29 is 13.9 Å². The Morgan fingerprint density at radius 3 is 2.47 bits per heavy atom. The van der Waals surface area contributed by atoms with Crippen LogP contribution in [-0.2, 0) is 6.42 Å². The van der Waals surface area contributed by atoms with Gasteiger partial charge in [0.2, 0.25) is 0 Å². The summed E-state index contributed by atoms with van der Waals surface area (Å²) < 4.78 is 23.2. The molecule has 1 rings (SSSR count). The molecule has 0 saturated heterocycles. The van der Waals surface area contributed by atoms with Crippen molar-refractivity contribution in [1.29, 1.82) is 0 Å². The molecule has 0 aliphatic rings. The van der Waals surface area contributed by atoms with Gasteiger partial charge in [-0.1, -0.05) is 0 Å². The average molecular weight is 208 g/mol. The minimum atomic E-state index is -0.432. The molecule has 0 fully saturated rings. The Labute approximate surface area is 89.0 Å². The summed E-state index contributed by atoms with van der Waals surface area (Å²) in [5.41, 5.74) is 0.855. The zero-order valence-corrected chi connectivity index (χ0v) is 8.84. The van der Waals surface area contributed by atoms with Gasteiger partial charge in [-0.25, -0.2) is 4.39 Å². The van der Waals surface area contributed by atoms with Gasteiger partial charge in [0, 0.05) is 12.5 Å². The molecule has 80 valence electrons. The van der Waals surface area contributed by atoms with Crippen LogP contribution in [0, 0.1) is 18.2 Å². The van der Waals surface area contributed by atoms with Gasteiger partial charge in [0.15, 0.2) is 11.6 Å². The van der Waals surface area contributed by atoms with Crippen molar-refractivity contribution in [2.45, 2.75) is 12.8 Å². The van der Waals surface area contributed by atoms with Crippen LogP contribution >= 0.6 is 0 Å². The minimum Gasteiger partial charge on any atom is -0.496 e. The second kappa shape index (κ2) is 5.26. The number of hydrogen-bond donors (Lipinski definition) is 0. The van der Waals surface area contributed by atoms with Gasteiger partial charge in [0.05, 0.1) is 14.2 Å². The van der Waals surface area contributed by atoms with Crippen LogP contribution in [0.5, 0.6) is 11.5 Å². The standard InChI is InChI=1S/C12H13FO2/c1-4-5-6-9-7-12(15-3)10(13)8-11(9)14-2/h1,7-8H,5-6H2,2-3H3. The van der Waals surface area contributed by atoms with E-state index in [2.05, 4.69) is 5.92 Å². The van der Waals surface area contributed by atoms with Gasteiger partial charge in [0.1, 0.15) is 5.75 Å². The number of halogens is 1. The van der Waals surface area contributed by atoms with E-state index in [1.807, 2.05) is 0 Å². The van der Waals surface area contributed by atoms with Gasteiger partial charge in [0.25, 0.3) is 0 Å². The highest BCUT2D eigenvalue weighted by Gasteiger charge is 2.10. The van der Waals surface area contributed by atoms with Crippen molar-refractivity contribution in [3.63, 3.8) is 0 Å². The highest BCUT2D eigenvalue weighted by atomic mass is 19.1. The van der Waals surface area contributed by atoms with Crippen LogP contribution in [-0.4, -0.2) is 14.2 Å². The van der Waals surface area contributed by atoms with Crippen LogP contribution in [0.25, 0.3) is 0 Å². The van der Waals surface area contributed by atoms with E-state index >= 15 is 0 Å². The minimum absolute atomic E-state index is 0.211. The monoisotopic (exact) mass is 208 g/mol. The number of aryl methyl sites for hydroxylation is 1. The first kappa shape index (κ1) is 11.4. The average Bonchev–Trinajstić information content (AvgIpc) is 2.26. The first-order chi connectivity index (χ1) is 7.22. The molecule has 0 amide bonds. The van der Waals surface area contributed by atoms with Crippen LogP contribution in [0.1, 0.15) is 12.0 Å². The van der Waals surface area contributed by atoms with E-state index in [-0.39, 0.29) is 5.75 Å². The normalized spacial score (nSPS) is 9.47. The fraction of sp³-hybridized carbons (Fsp3) is 0.333.